The molecule has 0 spiro atoms. The number of carbonyl (C=O) groups is 1. The number of alkyl halides is 3. The van der Waals surface area contributed by atoms with E-state index >= 15 is 0 Å². The van der Waals surface area contributed by atoms with Crippen molar-refractivity contribution >= 4 is 11.7 Å². The van der Waals surface area contributed by atoms with Gasteiger partial charge >= 0.3 is 12.1 Å². The van der Waals surface area contributed by atoms with Gasteiger partial charge in [-0.15, -0.1) is 0 Å². The number of benzene rings is 1. The highest BCUT2D eigenvalue weighted by atomic mass is 19.4. The van der Waals surface area contributed by atoms with E-state index in [2.05, 4.69) is 4.74 Å². The number of halogens is 3. The molecule has 0 N–H and O–H groups in total. The quantitative estimate of drug-likeness (QED) is 0.473. The van der Waals surface area contributed by atoms with Gasteiger partial charge in [0.1, 0.15) is 11.3 Å². The SMILES string of the molecule is CCOC(=O)COc1ccc([N+](=O)[O-])c(C(F)(F)F)c1. The molecule has 0 unspecified atom stereocenters. The molecule has 0 heterocycles. The van der Waals surface area contributed by atoms with Crippen LogP contribution in [-0.2, 0) is 15.7 Å². The Morgan fingerprint density at radius 3 is 2.55 bits per heavy atom. The molecule has 0 aliphatic heterocycles. The Morgan fingerprint density at radius 1 is 1.40 bits per heavy atom. The van der Waals surface area contributed by atoms with Gasteiger partial charge in [0.2, 0.25) is 0 Å². The maximum absolute atomic E-state index is 12.7. The molecule has 1 aromatic carbocycles. The van der Waals surface area contributed by atoms with Crippen LogP contribution in [0.5, 0.6) is 5.75 Å². The van der Waals surface area contributed by atoms with Gasteiger partial charge in [0.15, 0.2) is 6.61 Å². The minimum atomic E-state index is -4.90. The largest absolute Gasteiger partial charge is 0.482 e. The van der Waals surface area contributed by atoms with Crippen molar-refractivity contribution in [2.75, 3.05) is 13.2 Å². The van der Waals surface area contributed by atoms with Crippen LogP contribution in [0.15, 0.2) is 18.2 Å². The first-order valence-electron chi connectivity index (χ1n) is 5.39. The molecule has 0 aliphatic carbocycles. The molecule has 0 saturated heterocycles. The predicted molar refractivity (Wildman–Crippen MR) is 60.2 cm³/mol. The summed E-state index contributed by atoms with van der Waals surface area (Å²) in [6.07, 6.45) is -4.90. The van der Waals surface area contributed by atoms with Gasteiger partial charge in [0, 0.05) is 6.07 Å². The average molecular weight is 293 g/mol. The summed E-state index contributed by atoms with van der Waals surface area (Å²) >= 11 is 0. The summed E-state index contributed by atoms with van der Waals surface area (Å²) < 4.78 is 47.3. The minimum Gasteiger partial charge on any atom is -0.482 e. The Hall–Kier alpha value is -2.32. The standard InChI is InChI=1S/C11H10F3NO5/c1-2-19-10(16)6-20-7-3-4-9(15(17)18)8(5-7)11(12,13)14/h3-5H,2,6H2,1H3. The van der Waals surface area contributed by atoms with Crippen LogP contribution in [0.3, 0.4) is 0 Å². The number of nitro groups is 1. The Morgan fingerprint density at radius 2 is 2.05 bits per heavy atom. The maximum atomic E-state index is 12.7. The van der Waals surface area contributed by atoms with Gasteiger partial charge in [0.05, 0.1) is 11.5 Å². The summed E-state index contributed by atoms with van der Waals surface area (Å²) in [6, 6.07) is 2.12. The third-order valence-electron chi connectivity index (χ3n) is 2.13. The van der Waals surface area contributed by atoms with Crippen LogP contribution in [0.1, 0.15) is 12.5 Å². The lowest BCUT2D eigenvalue weighted by molar-refractivity contribution is -0.388. The second kappa shape index (κ2) is 6.22. The Labute approximate surface area is 111 Å². The molecule has 0 radical (unpaired) electrons. The van der Waals surface area contributed by atoms with E-state index < -0.39 is 34.9 Å². The molecule has 20 heavy (non-hydrogen) atoms. The number of hydrogen-bond donors (Lipinski definition) is 0. The van der Waals surface area contributed by atoms with Crippen molar-refractivity contribution in [3.8, 4) is 5.75 Å². The lowest BCUT2D eigenvalue weighted by Crippen LogP contribution is -2.15. The van der Waals surface area contributed by atoms with Gasteiger partial charge in [-0.2, -0.15) is 13.2 Å². The Bertz CT molecular complexity index is 515. The topological polar surface area (TPSA) is 78.7 Å². The van der Waals surface area contributed by atoms with Crippen molar-refractivity contribution in [3.05, 3.63) is 33.9 Å². The molecule has 0 fully saturated rings. The number of ether oxygens (including phenoxy) is 2. The van der Waals surface area contributed by atoms with Crippen molar-refractivity contribution in [1.82, 2.24) is 0 Å². The van der Waals surface area contributed by atoms with Crippen LogP contribution in [0.4, 0.5) is 18.9 Å². The minimum absolute atomic E-state index is 0.107. The first kappa shape index (κ1) is 15.7. The molecule has 110 valence electrons. The van der Waals surface area contributed by atoms with E-state index in [-0.39, 0.29) is 12.4 Å². The molecular formula is C11H10F3NO5. The highest BCUT2D eigenvalue weighted by Gasteiger charge is 2.38. The molecular weight excluding hydrogens is 283 g/mol. The summed E-state index contributed by atoms with van der Waals surface area (Å²) in [6.45, 7) is 1.09. The number of hydrogen-bond acceptors (Lipinski definition) is 5. The van der Waals surface area contributed by atoms with Gasteiger partial charge in [0.25, 0.3) is 5.69 Å². The molecule has 0 amide bonds. The van der Waals surface area contributed by atoms with E-state index in [1.54, 1.807) is 6.92 Å². The molecule has 9 heteroatoms. The highest BCUT2D eigenvalue weighted by Crippen LogP contribution is 2.38. The van der Waals surface area contributed by atoms with Crippen molar-refractivity contribution in [1.29, 1.82) is 0 Å². The molecule has 0 bridgehead atoms. The Balaban J connectivity index is 2.96. The van der Waals surface area contributed by atoms with E-state index in [1.165, 1.54) is 0 Å². The van der Waals surface area contributed by atoms with Gasteiger partial charge in [-0.1, -0.05) is 0 Å². The second-order valence-corrected chi connectivity index (χ2v) is 3.53. The van der Waals surface area contributed by atoms with E-state index in [0.29, 0.717) is 12.1 Å². The van der Waals surface area contributed by atoms with Crippen LogP contribution in [0.25, 0.3) is 0 Å². The monoisotopic (exact) mass is 293 g/mol. The fraction of sp³-hybridized carbons (Fsp3) is 0.364. The smallest absolute Gasteiger partial charge is 0.423 e. The lowest BCUT2D eigenvalue weighted by Gasteiger charge is -2.10. The third-order valence-corrected chi connectivity index (χ3v) is 2.13. The number of rotatable bonds is 5. The van der Waals surface area contributed by atoms with Crippen molar-refractivity contribution in [3.63, 3.8) is 0 Å². The second-order valence-electron chi connectivity index (χ2n) is 3.53. The molecule has 0 aromatic heterocycles. The number of esters is 1. The van der Waals surface area contributed by atoms with Crippen LogP contribution in [0, 0.1) is 10.1 Å². The van der Waals surface area contributed by atoms with Gasteiger partial charge in [-0.25, -0.2) is 4.79 Å². The zero-order valence-electron chi connectivity index (χ0n) is 10.3. The van der Waals surface area contributed by atoms with E-state index in [9.17, 15) is 28.1 Å². The molecule has 0 atom stereocenters. The molecule has 0 saturated carbocycles. The van der Waals surface area contributed by atoms with Gasteiger partial charge in [-0.3, -0.25) is 10.1 Å². The number of carbonyl (C=O) groups excluding carboxylic acids is 1. The van der Waals surface area contributed by atoms with E-state index in [1.807, 2.05) is 0 Å². The van der Waals surface area contributed by atoms with Crippen LogP contribution in [-0.4, -0.2) is 24.1 Å². The summed E-state index contributed by atoms with van der Waals surface area (Å²) in [5.74, 6) is -1.06. The molecule has 1 aromatic rings. The van der Waals surface area contributed by atoms with Crippen molar-refractivity contribution < 1.29 is 32.4 Å². The van der Waals surface area contributed by atoms with Gasteiger partial charge < -0.3 is 9.47 Å². The van der Waals surface area contributed by atoms with Gasteiger partial charge in [-0.05, 0) is 19.1 Å². The predicted octanol–water partition coefficient (Wildman–Crippen LogP) is 2.56. The van der Waals surface area contributed by atoms with E-state index in [4.69, 9.17) is 4.74 Å². The third kappa shape index (κ3) is 4.11. The van der Waals surface area contributed by atoms with E-state index in [0.717, 1.165) is 6.07 Å². The zero-order valence-corrected chi connectivity index (χ0v) is 10.3. The fourth-order valence-electron chi connectivity index (χ4n) is 1.34. The lowest BCUT2D eigenvalue weighted by atomic mass is 10.1. The summed E-state index contributed by atoms with van der Waals surface area (Å²) in [5.41, 5.74) is -2.52. The van der Waals surface area contributed by atoms with Crippen molar-refractivity contribution in [2.24, 2.45) is 0 Å². The number of nitro benzene ring substituents is 1. The fourth-order valence-corrected chi connectivity index (χ4v) is 1.34. The summed E-state index contributed by atoms with van der Waals surface area (Å²) in [7, 11) is 0. The van der Waals surface area contributed by atoms with Crippen LogP contribution in [0.2, 0.25) is 0 Å². The highest BCUT2D eigenvalue weighted by molar-refractivity contribution is 5.71. The number of nitrogens with zero attached hydrogens (tertiary/aromatic N) is 1. The maximum Gasteiger partial charge on any atom is 0.423 e. The first-order valence-corrected chi connectivity index (χ1v) is 5.39. The molecule has 1 rings (SSSR count). The van der Waals surface area contributed by atoms with Crippen LogP contribution < -0.4 is 4.74 Å². The summed E-state index contributed by atoms with van der Waals surface area (Å²) in [5, 5.41) is 10.5. The average Bonchev–Trinajstić information content (AvgIpc) is 2.35. The summed E-state index contributed by atoms with van der Waals surface area (Å²) in [4.78, 5) is 20.4. The Kier molecular flexibility index (Phi) is 4.89. The molecule has 0 aliphatic rings. The zero-order chi connectivity index (χ0) is 15.3. The van der Waals surface area contributed by atoms with Crippen LogP contribution >= 0.6 is 0 Å². The molecule has 6 nitrogen and oxygen atoms in total. The first-order chi connectivity index (χ1) is 9.25. The normalized spacial score (nSPS) is 11.0. The van der Waals surface area contributed by atoms with Crippen molar-refractivity contribution in [2.45, 2.75) is 13.1 Å².